The fraction of sp³-hybridized carbons (Fsp3) is 0.464. The Labute approximate surface area is 212 Å². The summed E-state index contributed by atoms with van der Waals surface area (Å²) in [4.78, 5) is 33.7. The number of carbonyl (C=O) groups is 2. The number of rotatable bonds is 8. The molecule has 1 saturated heterocycles. The quantitative estimate of drug-likeness (QED) is 0.602. The van der Waals surface area contributed by atoms with Crippen LogP contribution in [0.2, 0.25) is 0 Å². The van der Waals surface area contributed by atoms with Crippen LogP contribution in [-0.4, -0.2) is 75.5 Å². The molecule has 0 radical (unpaired) electrons. The summed E-state index contributed by atoms with van der Waals surface area (Å²) < 4.78 is 11.0. The largest absolute Gasteiger partial charge is 0.493 e. The van der Waals surface area contributed by atoms with Crippen LogP contribution < -0.4 is 14.4 Å². The minimum absolute atomic E-state index is 0.00218. The maximum Gasteiger partial charge on any atom is 0.303 e. The van der Waals surface area contributed by atoms with E-state index in [1.54, 1.807) is 14.2 Å². The van der Waals surface area contributed by atoms with Crippen LogP contribution in [0.15, 0.2) is 41.4 Å². The predicted molar refractivity (Wildman–Crippen MR) is 140 cm³/mol. The van der Waals surface area contributed by atoms with Crippen molar-refractivity contribution in [3.8, 4) is 11.5 Å². The Hall–Kier alpha value is -3.55. The molecule has 2 aromatic rings. The average Bonchev–Trinajstić information content (AvgIpc) is 2.88. The number of carboxylic acid groups (broad SMARTS) is 1. The van der Waals surface area contributed by atoms with Crippen molar-refractivity contribution in [2.45, 2.75) is 25.7 Å². The van der Waals surface area contributed by atoms with Gasteiger partial charge in [0.15, 0.2) is 11.5 Å². The molecule has 2 unspecified atom stereocenters. The number of benzene rings is 2. The Morgan fingerprint density at radius 2 is 1.78 bits per heavy atom. The van der Waals surface area contributed by atoms with Crippen molar-refractivity contribution in [3.63, 3.8) is 0 Å². The number of ether oxygens (including phenoxy) is 2. The van der Waals surface area contributed by atoms with Gasteiger partial charge in [-0.25, -0.2) is 0 Å². The Balaban J connectivity index is 1.57. The van der Waals surface area contributed by atoms with E-state index in [0.29, 0.717) is 49.5 Å². The highest BCUT2D eigenvalue weighted by Gasteiger charge is 2.35. The van der Waals surface area contributed by atoms with Crippen LogP contribution >= 0.6 is 0 Å². The van der Waals surface area contributed by atoms with E-state index < -0.39 is 5.97 Å². The SMILES string of the molecule is COc1cc2c(cc1OC)C(CC1CN(C(=O)c3ccc(N(C)C)cc3)CCC1CC(=O)O)=NCC2. The molecule has 2 aromatic carbocycles. The number of amides is 1. The lowest BCUT2D eigenvalue weighted by Crippen LogP contribution is -2.45. The molecule has 0 saturated carbocycles. The van der Waals surface area contributed by atoms with Crippen LogP contribution in [0.3, 0.4) is 0 Å². The number of anilines is 1. The Bertz CT molecular complexity index is 1140. The molecule has 2 atom stereocenters. The molecule has 1 fully saturated rings. The molecule has 4 rings (SSSR count). The van der Waals surface area contributed by atoms with Gasteiger partial charge >= 0.3 is 5.97 Å². The summed E-state index contributed by atoms with van der Waals surface area (Å²) in [6, 6.07) is 11.6. The molecule has 2 aliphatic heterocycles. The van der Waals surface area contributed by atoms with Gasteiger partial charge in [0, 0.05) is 62.7 Å². The lowest BCUT2D eigenvalue weighted by Gasteiger charge is -2.39. The molecule has 8 heteroatoms. The highest BCUT2D eigenvalue weighted by molar-refractivity contribution is 6.03. The predicted octanol–water partition coefficient (Wildman–Crippen LogP) is 3.76. The van der Waals surface area contributed by atoms with E-state index in [9.17, 15) is 14.7 Å². The number of fused-ring (bicyclic) bond motifs is 1. The van der Waals surface area contributed by atoms with Crippen LogP contribution in [0.25, 0.3) is 0 Å². The highest BCUT2D eigenvalue weighted by Crippen LogP contribution is 2.36. The standard InChI is InChI=1S/C28H35N3O5/c1-30(2)22-7-5-18(6-8-22)28(34)31-12-10-19(15-27(32)33)21(17-31)13-24-23-16-26(36-4)25(35-3)14-20(23)9-11-29-24/h5-8,14,16,19,21H,9-13,15,17H2,1-4H3,(H,32,33). The first-order valence-electron chi connectivity index (χ1n) is 12.4. The molecular formula is C28H35N3O5. The van der Waals surface area contributed by atoms with Crippen LogP contribution in [0.5, 0.6) is 11.5 Å². The van der Waals surface area contributed by atoms with Crippen molar-refractivity contribution in [1.82, 2.24) is 4.90 Å². The average molecular weight is 494 g/mol. The van der Waals surface area contributed by atoms with Gasteiger partial charge in [-0.05, 0) is 73.1 Å². The van der Waals surface area contributed by atoms with Gasteiger partial charge in [-0.1, -0.05) is 0 Å². The van der Waals surface area contributed by atoms with Crippen LogP contribution in [0.4, 0.5) is 5.69 Å². The number of hydrogen-bond acceptors (Lipinski definition) is 6. The van der Waals surface area contributed by atoms with Crippen molar-refractivity contribution in [3.05, 3.63) is 53.1 Å². The van der Waals surface area contributed by atoms with Crippen LogP contribution in [0, 0.1) is 11.8 Å². The van der Waals surface area contributed by atoms with E-state index in [4.69, 9.17) is 14.5 Å². The first-order chi connectivity index (χ1) is 17.3. The highest BCUT2D eigenvalue weighted by atomic mass is 16.5. The first kappa shape index (κ1) is 25.5. The maximum absolute atomic E-state index is 13.3. The van der Waals surface area contributed by atoms with Crippen molar-refractivity contribution < 1.29 is 24.2 Å². The molecule has 0 spiro atoms. The number of hydrogen-bond donors (Lipinski definition) is 1. The van der Waals surface area contributed by atoms with Gasteiger partial charge in [-0.15, -0.1) is 0 Å². The van der Waals surface area contributed by atoms with E-state index >= 15 is 0 Å². The molecular weight excluding hydrogens is 458 g/mol. The molecule has 8 nitrogen and oxygen atoms in total. The topological polar surface area (TPSA) is 91.7 Å². The number of likely N-dealkylation sites (tertiary alicyclic amines) is 1. The van der Waals surface area contributed by atoms with Crippen LogP contribution in [0.1, 0.15) is 40.7 Å². The van der Waals surface area contributed by atoms with E-state index in [2.05, 4.69) is 0 Å². The van der Waals surface area contributed by atoms with E-state index in [0.717, 1.165) is 28.9 Å². The lowest BCUT2D eigenvalue weighted by atomic mass is 9.78. The number of carboxylic acids is 1. The molecule has 0 bridgehead atoms. The van der Waals surface area contributed by atoms with E-state index in [1.807, 2.05) is 60.3 Å². The first-order valence-corrected chi connectivity index (χ1v) is 12.4. The second kappa shape index (κ2) is 11.0. The molecule has 0 aliphatic carbocycles. The Morgan fingerprint density at radius 3 is 2.42 bits per heavy atom. The monoisotopic (exact) mass is 493 g/mol. The minimum atomic E-state index is -0.804. The van der Waals surface area contributed by atoms with E-state index in [-0.39, 0.29) is 24.2 Å². The van der Waals surface area contributed by atoms with Gasteiger partial charge in [0.25, 0.3) is 5.91 Å². The van der Waals surface area contributed by atoms with Gasteiger partial charge in [-0.2, -0.15) is 0 Å². The third-order valence-electron chi connectivity index (χ3n) is 7.31. The number of aliphatic imine (C=N–C) groups is 1. The summed E-state index contributed by atoms with van der Waals surface area (Å²) in [7, 11) is 7.17. The van der Waals surface area contributed by atoms with Crippen LogP contribution in [-0.2, 0) is 11.2 Å². The summed E-state index contributed by atoms with van der Waals surface area (Å²) >= 11 is 0. The van der Waals surface area contributed by atoms with Crippen molar-refractivity contribution in [2.75, 3.05) is 52.8 Å². The maximum atomic E-state index is 13.3. The van der Waals surface area contributed by atoms with Gasteiger partial charge in [-0.3, -0.25) is 14.6 Å². The minimum Gasteiger partial charge on any atom is -0.493 e. The Kier molecular flexibility index (Phi) is 7.82. The van der Waals surface area contributed by atoms with Crippen molar-refractivity contribution in [2.24, 2.45) is 16.8 Å². The van der Waals surface area contributed by atoms with Crippen molar-refractivity contribution >= 4 is 23.3 Å². The summed E-state index contributed by atoms with van der Waals surface area (Å²) in [6.45, 7) is 1.74. The molecule has 2 heterocycles. The summed E-state index contributed by atoms with van der Waals surface area (Å²) in [6.07, 6.45) is 2.18. The van der Waals surface area contributed by atoms with Crippen molar-refractivity contribution in [1.29, 1.82) is 0 Å². The number of aliphatic carboxylic acids is 1. The third-order valence-corrected chi connectivity index (χ3v) is 7.31. The van der Waals surface area contributed by atoms with E-state index in [1.165, 1.54) is 0 Å². The number of carbonyl (C=O) groups excluding carboxylic acids is 1. The summed E-state index contributed by atoms with van der Waals surface area (Å²) in [5.74, 6) is 0.497. The third kappa shape index (κ3) is 5.48. The molecule has 1 N–H and O–H groups in total. The molecule has 2 aliphatic rings. The zero-order valence-corrected chi connectivity index (χ0v) is 21.5. The van der Waals surface area contributed by atoms with Gasteiger partial charge in [0.05, 0.1) is 14.2 Å². The number of piperidine rings is 1. The molecule has 36 heavy (non-hydrogen) atoms. The second-order valence-corrected chi connectivity index (χ2v) is 9.75. The molecule has 192 valence electrons. The fourth-order valence-electron chi connectivity index (χ4n) is 5.29. The number of nitrogens with zero attached hydrogens (tertiary/aromatic N) is 3. The lowest BCUT2D eigenvalue weighted by molar-refractivity contribution is -0.138. The summed E-state index contributed by atoms with van der Waals surface area (Å²) in [5, 5.41) is 9.55. The number of methoxy groups -OCH3 is 2. The van der Waals surface area contributed by atoms with Gasteiger partial charge < -0.3 is 24.4 Å². The molecule has 0 aromatic heterocycles. The summed E-state index contributed by atoms with van der Waals surface area (Å²) in [5.41, 5.74) is 4.80. The fourth-order valence-corrected chi connectivity index (χ4v) is 5.29. The zero-order valence-electron chi connectivity index (χ0n) is 21.5. The van der Waals surface area contributed by atoms with Gasteiger partial charge in [0.1, 0.15) is 0 Å². The van der Waals surface area contributed by atoms with Gasteiger partial charge in [0.2, 0.25) is 0 Å². The Morgan fingerprint density at radius 1 is 1.08 bits per heavy atom. The zero-order chi connectivity index (χ0) is 25.8. The smallest absolute Gasteiger partial charge is 0.303 e. The second-order valence-electron chi connectivity index (χ2n) is 9.75. The normalized spacial score (nSPS) is 19.2. The molecule has 1 amide bonds.